The van der Waals surface area contributed by atoms with Gasteiger partial charge in [-0.1, -0.05) is 0 Å². The number of rotatable bonds is 2. The van der Waals surface area contributed by atoms with Crippen LogP contribution in [0.2, 0.25) is 0 Å². The van der Waals surface area contributed by atoms with Crippen molar-refractivity contribution >= 4 is 17.6 Å². The molecule has 0 saturated carbocycles. The van der Waals surface area contributed by atoms with Crippen molar-refractivity contribution in [1.29, 1.82) is 0 Å². The molecule has 0 aliphatic carbocycles. The molecule has 2 aromatic rings. The molecule has 0 aliphatic rings. The summed E-state index contributed by atoms with van der Waals surface area (Å²) in [5.41, 5.74) is 6.40. The number of pyridine rings is 2. The average Bonchev–Trinajstić information content (AvgIpc) is 2.25. The first-order valence-corrected chi connectivity index (χ1v) is 6.53. The minimum Gasteiger partial charge on any atom is -0.384 e. The number of hydrogen-bond donors (Lipinski definition) is 1. The monoisotopic (exact) mass is 299 g/mol. The number of nitrogens with two attached hydrogens (primary N) is 1. The summed E-state index contributed by atoms with van der Waals surface area (Å²) in [4.78, 5) is 8.15. The first kappa shape index (κ1) is 14.6. The van der Waals surface area contributed by atoms with Gasteiger partial charge in [0.15, 0.2) is 0 Å². The number of aryl methyl sites for hydroxylation is 2. The third-order valence-corrected chi connectivity index (χ3v) is 3.27. The van der Waals surface area contributed by atoms with E-state index in [4.69, 9.17) is 5.73 Å². The van der Waals surface area contributed by atoms with Crippen LogP contribution in [0.15, 0.2) is 34.3 Å². The first-order valence-electron chi connectivity index (χ1n) is 5.72. The Morgan fingerprint density at radius 3 is 2.25 bits per heavy atom. The van der Waals surface area contributed by atoms with Gasteiger partial charge in [0.25, 0.3) is 0 Å². The molecule has 106 valence electrons. The summed E-state index contributed by atoms with van der Waals surface area (Å²) in [5.74, 6) is -0.160. The van der Waals surface area contributed by atoms with E-state index in [0.717, 1.165) is 35.2 Å². The van der Waals surface area contributed by atoms with Crippen molar-refractivity contribution in [3.8, 4) is 0 Å². The molecule has 0 fully saturated rings. The Morgan fingerprint density at radius 2 is 1.65 bits per heavy atom. The van der Waals surface area contributed by atoms with E-state index in [2.05, 4.69) is 9.97 Å². The second-order valence-corrected chi connectivity index (χ2v) is 5.38. The minimum atomic E-state index is -4.44. The average molecular weight is 299 g/mol. The van der Waals surface area contributed by atoms with Gasteiger partial charge >= 0.3 is 6.18 Å². The molecule has 2 aromatic heterocycles. The van der Waals surface area contributed by atoms with Crippen LogP contribution in [-0.2, 0) is 6.18 Å². The molecule has 0 bridgehead atoms. The van der Waals surface area contributed by atoms with E-state index >= 15 is 0 Å². The third-order valence-electron chi connectivity index (χ3n) is 2.43. The molecule has 0 aromatic carbocycles. The lowest BCUT2D eigenvalue weighted by Gasteiger charge is -2.09. The molecule has 0 aliphatic heterocycles. The van der Waals surface area contributed by atoms with Crippen LogP contribution in [0.3, 0.4) is 0 Å². The molecule has 0 unspecified atom stereocenters. The SMILES string of the molecule is Cc1cc(C)nc(Sc2cc(C(F)(F)F)cc(N)n2)c1. The zero-order valence-electron chi connectivity index (χ0n) is 10.8. The number of alkyl halides is 3. The van der Waals surface area contributed by atoms with Gasteiger partial charge in [-0.3, -0.25) is 0 Å². The molecule has 0 saturated heterocycles. The number of aromatic nitrogens is 2. The van der Waals surface area contributed by atoms with Crippen molar-refractivity contribution in [2.75, 3.05) is 5.73 Å². The standard InChI is InChI=1S/C13H12F3N3S/c1-7-3-8(2)18-11(4-7)20-12-6-9(13(14,15)16)5-10(17)19-12/h3-6H,1-2H3,(H2,17,19). The quantitative estimate of drug-likeness (QED) is 0.915. The highest BCUT2D eigenvalue weighted by Gasteiger charge is 2.31. The maximum atomic E-state index is 12.7. The van der Waals surface area contributed by atoms with Crippen LogP contribution in [0.5, 0.6) is 0 Å². The van der Waals surface area contributed by atoms with Gasteiger partial charge in [-0.15, -0.1) is 0 Å². The van der Waals surface area contributed by atoms with E-state index < -0.39 is 11.7 Å². The molecule has 2 rings (SSSR count). The lowest BCUT2D eigenvalue weighted by atomic mass is 10.2. The Labute approximate surface area is 118 Å². The van der Waals surface area contributed by atoms with Crippen molar-refractivity contribution in [3.05, 3.63) is 41.1 Å². The summed E-state index contributed by atoms with van der Waals surface area (Å²) < 4.78 is 38.1. The molecule has 7 heteroatoms. The van der Waals surface area contributed by atoms with Gasteiger partial charge in [0.2, 0.25) is 0 Å². The van der Waals surface area contributed by atoms with Crippen molar-refractivity contribution in [1.82, 2.24) is 9.97 Å². The number of nitrogens with zero attached hydrogens (tertiary/aromatic N) is 2. The number of hydrogen-bond acceptors (Lipinski definition) is 4. The predicted molar refractivity (Wildman–Crippen MR) is 71.5 cm³/mol. The molecule has 0 amide bonds. The molecule has 0 spiro atoms. The topological polar surface area (TPSA) is 51.8 Å². The van der Waals surface area contributed by atoms with Crippen molar-refractivity contribution < 1.29 is 13.2 Å². The van der Waals surface area contributed by atoms with Crippen LogP contribution in [0, 0.1) is 13.8 Å². The van der Waals surface area contributed by atoms with Gasteiger partial charge in [-0.05, 0) is 55.4 Å². The fourth-order valence-corrected chi connectivity index (χ4v) is 2.69. The molecule has 2 heterocycles. The van der Waals surface area contributed by atoms with E-state index in [0.29, 0.717) is 5.03 Å². The van der Waals surface area contributed by atoms with E-state index in [1.165, 1.54) is 0 Å². The van der Waals surface area contributed by atoms with Crippen LogP contribution in [0.1, 0.15) is 16.8 Å². The number of anilines is 1. The summed E-state index contributed by atoms with van der Waals surface area (Å²) in [6.07, 6.45) is -4.44. The van der Waals surface area contributed by atoms with Crippen LogP contribution < -0.4 is 5.73 Å². The Kier molecular flexibility index (Phi) is 3.89. The molecular weight excluding hydrogens is 287 g/mol. The van der Waals surface area contributed by atoms with E-state index in [-0.39, 0.29) is 10.8 Å². The molecule has 3 nitrogen and oxygen atoms in total. The van der Waals surface area contributed by atoms with Gasteiger partial charge in [0, 0.05) is 5.69 Å². The molecule has 0 radical (unpaired) electrons. The van der Waals surface area contributed by atoms with Crippen LogP contribution in [0.4, 0.5) is 19.0 Å². The summed E-state index contributed by atoms with van der Waals surface area (Å²) >= 11 is 1.06. The largest absolute Gasteiger partial charge is 0.416 e. The lowest BCUT2D eigenvalue weighted by Crippen LogP contribution is -2.07. The van der Waals surface area contributed by atoms with Crippen molar-refractivity contribution in [2.45, 2.75) is 30.1 Å². The number of halogens is 3. The van der Waals surface area contributed by atoms with Gasteiger partial charge in [-0.25, -0.2) is 9.97 Å². The highest BCUT2D eigenvalue weighted by Crippen LogP contribution is 2.34. The summed E-state index contributed by atoms with van der Waals surface area (Å²) in [6, 6.07) is 5.47. The maximum Gasteiger partial charge on any atom is 0.416 e. The normalized spacial score (nSPS) is 11.7. The van der Waals surface area contributed by atoms with Gasteiger partial charge in [-0.2, -0.15) is 13.2 Å². The Bertz CT molecular complexity index is 621. The van der Waals surface area contributed by atoms with E-state index in [1.807, 2.05) is 19.9 Å². The van der Waals surface area contributed by atoms with Crippen molar-refractivity contribution in [3.63, 3.8) is 0 Å². The Balaban J connectivity index is 2.36. The van der Waals surface area contributed by atoms with Crippen LogP contribution in [-0.4, -0.2) is 9.97 Å². The second kappa shape index (κ2) is 5.32. The Hall–Kier alpha value is -1.76. The molecule has 0 atom stereocenters. The first-order chi connectivity index (χ1) is 9.24. The third kappa shape index (κ3) is 3.63. The lowest BCUT2D eigenvalue weighted by molar-refractivity contribution is -0.137. The fraction of sp³-hybridized carbons (Fsp3) is 0.231. The van der Waals surface area contributed by atoms with E-state index in [9.17, 15) is 13.2 Å². The predicted octanol–water partition coefficient (Wildman–Crippen LogP) is 3.85. The highest BCUT2D eigenvalue weighted by molar-refractivity contribution is 7.99. The zero-order chi connectivity index (χ0) is 14.9. The molecular formula is C13H12F3N3S. The molecule has 2 N–H and O–H groups in total. The minimum absolute atomic E-state index is 0.160. The summed E-state index contributed by atoms with van der Waals surface area (Å²) in [6.45, 7) is 3.72. The van der Waals surface area contributed by atoms with Crippen molar-refractivity contribution in [2.24, 2.45) is 0 Å². The summed E-state index contributed by atoms with van der Waals surface area (Å²) in [5, 5.41) is 0.767. The smallest absolute Gasteiger partial charge is 0.384 e. The van der Waals surface area contributed by atoms with Crippen LogP contribution in [0.25, 0.3) is 0 Å². The highest BCUT2D eigenvalue weighted by atomic mass is 32.2. The van der Waals surface area contributed by atoms with Crippen LogP contribution >= 0.6 is 11.8 Å². The summed E-state index contributed by atoms with van der Waals surface area (Å²) in [7, 11) is 0. The van der Waals surface area contributed by atoms with Gasteiger partial charge in [0.05, 0.1) is 5.56 Å². The van der Waals surface area contributed by atoms with Gasteiger partial charge < -0.3 is 5.73 Å². The number of nitrogen functional groups attached to an aromatic ring is 1. The maximum absolute atomic E-state index is 12.7. The second-order valence-electron chi connectivity index (χ2n) is 4.34. The van der Waals surface area contributed by atoms with Gasteiger partial charge in [0.1, 0.15) is 15.9 Å². The molecule has 20 heavy (non-hydrogen) atoms. The fourth-order valence-electron chi connectivity index (χ4n) is 1.71. The van der Waals surface area contributed by atoms with E-state index in [1.54, 1.807) is 6.07 Å². The Morgan fingerprint density at radius 1 is 1.00 bits per heavy atom. The zero-order valence-corrected chi connectivity index (χ0v) is 11.6.